The minimum absolute atomic E-state index is 0.0872. The van der Waals surface area contributed by atoms with E-state index in [1.54, 1.807) is 6.20 Å². The number of esters is 1. The summed E-state index contributed by atoms with van der Waals surface area (Å²) in [4.78, 5) is 40.9. The molecule has 0 fully saturated rings. The van der Waals surface area contributed by atoms with Gasteiger partial charge in [-0.05, 0) is 55.8 Å². The predicted octanol–water partition coefficient (Wildman–Crippen LogP) is 4.30. The van der Waals surface area contributed by atoms with E-state index in [-0.39, 0.29) is 22.7 Å². The van der Waals surface area contributed by atoms with E-state index in [1.165, 1.54) is 36.4 Å². The number of nitro groups is 1. The highest BCUT2D eigenvalue weighted by Crippen LogP contribution is 2.28. The topological polar surface area (TPSA) is 153 Å². The van der Waals surface area contributed by atoms with Gasteiger partial charge in [0.15, 0.2) is 11.4 Å². The van der Waals surface area contributed by atoms with Crippen molar-refractivity contribution in [2.45, 2.75) is 25.0 Å². The molecule has 0 saturated carbocycles. The summed E-state index contributed by atoms with van der Waals surface area (Å²) >= 11 is 1.31. The number of nitrogens with zero attached hydrogens (tertiary/aromatic N) is 3. The first-order valence-electron chi connectivity index (χ1n) is 10.6. The zero-order valence-electron chi connectivity index (χ0n) is 19.1. The van der Waals surface area contributed by atoms with Crippen molar-refractivity contribution >= 4 is 41.9 Å². The number of nitrogens with one attached hydrogen (secondary N) is 1. The summed E-state index contributed by atoms with van der Waals surface area (Å²) in [6.07, 6.45) is 4.03. The van der Waals surface area contributed by atoms with Gasteiger partial charge in [-0.3, -0.25) is 15.1 Å². The molecule has 0 amide bonds. The van der Waals surface area contributed by atoms with Crippen LogP contribution < -0.4 is 10.1 Å². The Morgan fingerprint density at radius 2 is 2.09 bits per heavy atom. The predicted molar refractivity (Wildman–Crippen MR) is 133 cm³/mol. The molecule has 0 aliphatic rings. The molecule has 186 valence electrons. The highest BCUT2D eigenvalue weighted by atomic mass is 32.2. The van der Waals surface area contributed by atoms with Gasteiger partial charge >= 0.3 is 17.6 Å². The molecule has 0 spiro atoms. The highest BCUT2D eigenvalue weighted by molar-refractivity contribution is 8.01. The first kappa shape index (κ1) is 27.3. The Kier molecular flexibility index (Phi) is 11.2. The third-order valence-electron chi connectivity index (χ3n) is 4.62. The Morgan fingerprint density at radius 3 is 2.77 bits per heavy atom. The van der Waals surface area contributed by atoms with Crippen LogP contribution in [0.5, 0.6) is 5.75 Å². The average Bonchev–Trinajstić information content (AvgIpc) is 2.85. The van der Waals surface area contributed by atoms with Crippen molar-refractivity contribution in [2.24, 2.45) is 4.99 Å². The van der Waals surface area contributed by atoms with Crippen molar-refractivity contribution in [3.8, 4) is 5.75 Å². The van der Waals surface area contributed by atoms with Crippen LogP contribution in [0.1, 0.15) is 35.2 Å². The Bertz CT molecular complexity index is 1090. The Labute approximate surface area is 206 Å². The molecule has 1 heterocycles. The van der Waals surface area contributed by atoms with Gasteiger partial charge in [0.25, 0.3) is 0 Å². The van der Waals surface area contributed by atoms with Crippen LogP contribution >= 0.6 is 11.8 Å². The Balaban J connectivity index is 1.73. The van der Waals surface area contributed by atoms with Gasteiger partial charge in [0.05, 0.1) is 24.2 Å². The van der Waals surface area contributed by atoms with E-state index in [4.69, 9.17) is 9.84 Å². The second-order valence-corrected chi connectivity index (χ2v) is 7.95. The lowest BCUT2D eigenvalue weighted by atomic mass is 10.2. The van der Waals surface area contributed by atoms with Gasteiger partial charge in [-0.25, -0.2) is 14.6 Å². The van der Waals surface area contributed by atoms with Crippen molar-refractivity contribution < 1.29 is 29.1 Å². The molecule has 35 heavy (non-hydrogen) atoms. The van der Waals surface area contributed by atoms with Crippen LogP contribution in [0.25, 0.3) is 0 Å². The molecule has 0 atom stereocenters. The number of hydrogen-bond donors (Lipinski definition) is 2. The van der Waals surface area contributed by atoms with Gasteiger partial charge in [0, 0.05) is 30.0 Å². The smallest absolute Gasteiger partial charge is 0.354 e. The molecule has 2 N–H and O–H groups in total. The SMILES string of the molecule is C=N/C(=C\SCc1ccnc(NCCCCCOc2ccc(C(=O)OC)cc2[N+](=O)[O-])c1)C(=O)O. The number of aliphatic imine (C=N–C) groups is 1. The third kappa shape index (κ3) is 9.08. The standard InChI is InChI=1S/C23H26N4O7S/c1-24-18(22(28)29)15-35-14-16-8-10-26-21(12-16)25-9-4-3-5-11-34-20-7-6-17(23(30)33-2)13-19(20)27(31)32/h6-8,10,12-13,15H,1,3-5,9,11,14H2,2H3,(H,25,26)(H,28,29)/b18-15-. The molecular weight excluding hydrogens is 476 g/mol. The number of unbranched alkanes of at least 4 members (excludes halogenated alkanes) is 2. The molecule has 0 bridgehead atoms. The van der Waals surface area contributed by atoms with Crippen LogP contribution in [0.2, 0.25) is 0 Å². The van der Waals surface area contributed by atoms with Crippen molar-refractivity contribution in [3.63, 3.8) is 0 Å². The van der Waals surface area contributed by atoms with Gasteiger partial charge in [-0.1, -0.05) is 0 Å². The maximum Gasteiger partial charge on any atom is 0.354 e. The number of thioether (sulfide) groups is 1. The number of ether oxygens (including phenoxy) is 2. The highest BCUT2D eigenvalue weighted by Gasteiger charge is 2.19. The summed E-state index contributed by atoms with van der Waals surface area (Å²) in [6.45, 7) is 4.22. The largest absolute Gasteiger partial charge is 0.487 e. The quantitative estimate of drug-likeness (QED) is 0.0900. The van der Waals surface area contributed by atoms with Crippen molar-refractivity contribution in [1.82, 2.24) is 4.98 Å². The number of methoxy groups -OCH3 is 1. The number of aromatic nitrogens is 1. The molecule has 2 aromatic rings. The first-order chi connectivity index (χ1) is 16.8. The Morgan fingerprint density at radius 1 is 1.29 bits per heavy atom. The zero-order chi connectivity index (χ0) is 25.6. The monoisotopic (exact) mass is 502 g/mol. The molecular formula is C23H26N4O7S. The number of carbonyl (C=O) groups is 2. The summed E-state index contributed by atoms with van der Waals surface area (Å²) in [6, 6.07) is 7.71. The number of anilines is 1. The van der Waals surface area contributed by atoms with Gasteiger partial charge in [-0.2, -0.15) is 0 Å². The molecule has 0 radical (unpaired) electrons. The number of carboxylic acid groups (broad SMARTS) is 1. The molecule has 0 aliphatic heterocycles. The van der Waals surface area contributed by atoms with E-state index in [0.29, 0.717) is 31.1 Å². The van der Waals surface area contributed by atoms with Gasteiger partial charge < -0.3 is 19.9 Å². The maximum atomic E-state index is 11.6. The number of pyridine rings is 1. The fourth-order valence-electron chi connectivity index (χ4n) is 2.86. The lowest BCUT2D eigenvalue weighted by molar-refractivity contribution is -0.385. The molecule has 2 rings (SSSR count). The summed E-state index contributed by atoms with van der Waals surface area (Å²) in [5.41, 5.74) is 0.684. The number of aliphatic carboxylic acids is 1. The van der Waals surface area contributed by atoms with Crippen molar-refractivity contribution in [3.05, 3.63) is 68.9 Å². The fraction of sp³-hybridized carbons (Fsp3) is 0.304. The normalized spacial score (nSPS) is 10.9. The van der Waals surface area contributed by atoms with Gasteiger partial charge in [0.2, 0.25) is 0 Å². The summed E-state index contributed by atoms with van der Waals surface area (Å²) in [5, 5.41) is 24.9. The second kappa shape index (κ2) is 14.4. The van der Waals surface area contributed by atoms with E-state index in [1.807, 2.05) is 12.1 Å². The molecule has 1 aromatic carbocycles. The molecule has 11 nitrogen and oxygen atoms in total. The minimum Gasteiger partial charge on any atom is -0.487 e. The first-order valence-corrected chi connectivity index (χ1v) is 11.6. The van der Waals surface area contributed by atoms with Crippen LogP contribution in [0.15, 0.2) is 52.6 Å². The average molecular weight is 503 g/mol. The van der Waals surface area contributed by atoms with Crippen LogP contribution in [-0.2, 0) is 15.3 Å². The summed E-state index contributed by atoms with van der Waals surface area (Å²) in [7, 11) is 1.21. The molecule has 1 aromatic heterocycles. The summed E-state index contributed by atoms with van der Waals surface area (Å²) < 4.78 is 10.1. The number of rotatable bonds is 15. The maximum absolute atomic E-state index is 11.6. The van der Waals surface area contributed by atoms with Crippen LogP contribution in [-0.4, -0.2) is 53.9 Å². The molecule has 0 unspecified atom stereocenters. The Hall–Kier alpha value is -3.93. The minimum atomic E-state index is -1.12. The lowest BCUT2D eigenvalue weighted by Crippen LogP contribution is -2.06. The summed E-state index contributed by atoms with van der Waals surface area (Å²) in [5.74, 6) is -0.392. The second-order valence-electron chi connectivity index (χ2n) is 7.09. The molecule has 0 saturated heterocycles. The number of carbonyl (C=O) groups excluding carboxylic acids is 1. The third-order valence-corrected chi connectivity index (χ3v) is 5.51. The number of nitro benzene ring substituents is 1. The van der Waals surface area contributed by atoms with E-state index < -0.39 is 16.9 Å². The van der Waals surface area contributed by atoms with Crippen LogP contribution in [0.3, 0.4) is 0 Å². The number of hydrogen-bond acceptors (Lipinski definition) is 10. The fourth-order valence-corrected chi connectivity index (χ4v) is 3.65. The number of benzene rings is 1. The van der Waals surface area contributed by atoms with Crippen LogP contribution in [0, 0.1) is 10.1 Å². The van der Waals surface area contributed by atoms with E-state index >= 15 is 0 Å². The zero-order valence-corrected chi connectivity index (χ0v) is 20.0. The molecule has 0 aliphatic carbocycles. The van der Waals surface area contributed by atoms with Crippen molar-refractivity contribution in [1.29, 1.82) is 0 Å². The van der Waals surface area contributed by atoms with E-state index in [0.717, 1.165) is 24.5 Å². The van der Waals surface area contributed by atoms with Crippen molar-refractivity contribution in [2.75, 3.05) is 25.6 Å². The lowest BCUT2D eigenvalue weighted by Gasteiger charge is -2.09. The van der Waals surface area contributed by atoms with Gasteiger partial charge in [-0.15, -0.1) is 11.8 Å². The number of carboxylic acids is 1. The van der Waals surface area contributed by atoms with E-state index in [2.05, 4.69) is 26.7 Å². The van der Waals surface area contributed by atoms with E-state index in [9.17, 15) is 19.7 Å². The van der Waals surface area contributed by atoms with Crippen LogP contribution in [0.4, 0.5) is 11.5 Å². The van der Waals surface area contributed by atoms with Gasteiger partial charge in [0.1, 0.15) is 5.82 Å². The molecule has 12 heteroatoms.